The topological polar surface area (TPSA) is 62.9 Å². The minimum atomic E-state index is 0.484. The molecule has 0 unspecified atom stereocenters. The molecule has 15 heavy (non-hydrogen) atoms. The molecule has 0 bridgehead atoms. The second kappa shape index (κ2) is 13.8. The minimum absolute atomic E-state index is 0.484. The van der Waals surface area contributed by atoms with Crippen molar-refractivity contribution < 1.29 is 18.9 Å². The van der Waals surface area contributed by atoms with Gasteiger partial charge in [-0.2, -0.15) is 0 Å². The van der Waals surface area contributed by atoms with Crippen molar-refractivity contribution >= 4 is 0 Å². The Balaban J connectivity index is 2.81. The van der Waals surface area contributed by atoms with E-state index >= 15 is 0 Å². The molecule has 0 rings (SSSR count). The van der Waals surface area contributed by atoms with Crippen LogP contribution in [0.5, 0.6) is 0 Å². The van der Waals surface area contributed by atoms with Crippen LogP contribution in [0.2, 0.25) is 0 Å². The first kappa shape index (κ1) is 14.8. The third-order valence-electron chi connectivity index (χ3n) is 1.52. The Bertz CT molecular complexity index is 102. The second-order valence-corrected chi connectivity index (χ2v) is 2.74. The van der Waals surface area contributed by atoms with Gasteiger partial charge in [-0.1, -0.05) is 0 Å². The lowest BCUT2D eigenvalue weighted by molar-refractivity contribution is 0.00167. The van der Waals surface area contributed by atoms with Gasteiger partial charge in [0.2, 0.25) is 0 Å². The lowest BCUT2D eigenvalue weighted by atomic mass is 10.7. The van der Waals surface area contributed by atoms with Gasteiger partial charge in [0.1, 0.15) is 0 Å². The molecule has 0 spiro atoms. The van der Waals surface area contributed by atoms with Crippen LogP contribution in [0.1, 0.15) is 0 Å². The number of rotatable bonds is 12. The molecule has 5 heteroatoms. The maximum atomic E-state index is 5.25. The zero-order valence-corrected chi connectivity index (χ0v) is 9.28. The van der Waals surface area contributed by atoms with Crippen molar-refractivity contribution in [2.24, 2.45) is 5.73 Å². The van der Waals surface area contributed by atoms with Crippen LogP contribution < -0.4 is 5.73 Å². The summed E-state index contributed by atoms with van der Waals surface area (Å²) >= 11 is 0. The van der Waals surface area contributed by atoms with E-state index in [4.69, 9.17) is 24.7 Å². The molecule has 0 aromatic heterocycles. The van der Waals surface area contributed by atoms with E-state index in [1.54, 1.807) is 0 Å². The Morgan fingerprint density at radius 3 is 1.47 bits per heavy atom. The van der Waals surface area contributed by atoms with Crippen LogP contribution in [-0.2, 0) is 18.9 Å². The maximum absolute atomic E-state index is 5.25. The number of nitrogens with two attached hydrogens (primary N) is 1. The highest BCUT2D eigenvalue weighted by atomic mass is 16.6. The smallest absolute Gasteiger partial charge is 0.0701 e. The van der Waals surface area contributed by atoms with Crippen LogP contribution in [0.25, 0.3) is 0 Å². The maximum Gasteiger partial charge on any atom is 0.0701 e. The molecule has 0 aliphatic heterocycles. The van der Waals surface area contributed by atoms with Crippen LogP contribution in [0.4, 0.5) is 0 Å². The van der Waals surface area contributed by atoms with E-state index in [2.05, 4.69) is 6.92 Å². The standard InChI is InChI=1S/C10H22NO4/c1-2-12-5-6-14-9-10-15-8-7-13-4-3-11/h1-11H2. The van der Waals surface area contributed by atoms with Crippen molar-refractivity contribution in [3.63, 3.8) is 0 Å². The van der Waals surface area contributed by atoms with Gasteiger partial charge in [-0.15, -0.1) is 0 Å². The molecule has 0 saturated heterocycles. The number of ether oxygens (including phenoxy) is 4. The number of hydrogen-bond donors (Lipinski definition) is 1. The largest absolute Gasteiger partial charge is 0.379 e. The summed E-state index contributed by atoms with van der Waals surface area (Å²) in [4.78, 5) is 0. The van der Waals surface area contributed by atoms with Gasteiger partial charge >= 0.3 is 0 Å². The van der Waals surface area contributed by atoms with Crippen LogP contribution in [0.15, 0.2) is 0 Å². The average molecular weight is 220 g/mol. The summed E-state index contributed by atoms with van der Waals surface area (Å²) < 4.78 is 20.6. The van der Waals surface area contributed by atoms with Gasteiger partial charge < -0.3 is 24.7 Å². The van der Waals surface area contributed by atoms with Crippen LogP contribution >= 0.6 is 0 Å². The van der Waals surface area contributed by atoms with Gasteiger partial charge in [-0.3, -0.25) is 0 Å². The summed E-state index contributed by atoms with van der Waals surface area (Å²) in [5.41, 5.74) is 5.25. The van der Waals surface area contributed by atoms with Crippen LogP contribution in [-0.4, -0.2) is 59.4 Å². The molecule has 0 heterocycles. The summed E-state index contributed by atoms with van der Waals surface area (Å²) in [6.45, 7) is 8.66. The Kier molecular flexibility index (Phi) is 13.6. The molecule has 5 nitrogen and oxygen atoms in total. The van der Waals surface area contributed by atoms with Gasteiger partial charge in [-0.25, -0.2) is 0 Å². The van der Waals surface area contributed by atoms with Crippen molar-refractivity contribution in [3.8, 4) is 0 Å². The van der Waals surface area contributed by atoms with Crippen molar-refractivity contribution in [1.29, 1.82) is 0 Å². The summed E-state index contributed by atoms with van der Waals surface area (Å²) in [5.74, 6) is 0. The molecule has 91 valence electrons. The summed E-state index contributed by atoms with van der Waals surface area (Å²) in [7, 11) is 0. The number of hydrogen-bond acceptors (Lipinski definition) is 5. The molecule has 0 aliphatic rings. The van der Waals surface area contributed by atoms with E-state index in [9.17, 15) is 0 Å². The molecule has 0 atom stereocenters. The lowest BCUT2D eigenvalue weighted by Crippen LogP contribution is -2.14. The Morgan fingerprint density at radius 2 is 1.07 bits per heavy atom. The van der Waals surface area contributed by atoms with Crippen molar-refractivity contribution in [2.45, 2.75) is 0 Å². The highest BCUT2D eigenvalue weighted by Gasteiger charge is 1.90. The summed E-state index contributed by atoms with van der Waals surface area (Å²) in [5, 5.41) is 0. The SMILES string of the molecule is [CH2]COCCOCCOCCOCCN. The van der Waals surface area contributed by atoms with Gasteiger partial charge in [0.05, 0.1) is 46.2 Å². The summed E-state index contributed by atoms with van der Waals surface area (Å²) in [6.07, 6.45) is 0. The monoisotopic (exact) mass is 220 g/mol. The molecule has 0 fully saturated rings. The average Bonchev–Trinajstić information content (AvgIpc) is 2.26. The predicted octanol–water partition coefficient (Wildman–Crippen LogP) is -0.154. The van der Waals surface area contributed by atoms with Gasteiger partial charge in [0.15, 0.2) is 0 Å². The third kappa shape index (κ3) is 13.8. The van der Waals surface area contributed by atoms with Crippen molar-refractivity contribution in [3.05, 3.63) is 6.92 Å². The first-order valence-corrected chi connectivity index (χ1v) is 5.22. The fourth-order valence-electron chi connectivity index (χ4n) is 0.845. The molecular formula is C10H22NO4. The van der Waals surface area contributed by atoms with Crippen molar-refractivity contribution in [1.82, 2.24) is 0 Å². The fourth-order valence-corrected chi connectivity index (χ4v) is 0.845. The molecule has 0 aromatic rings. The minimum Gasteiger partial charge on any atom is -0.379 e. The molecular weight excluding hydrogens is 198 g/mol. The fraction of sp³-hybridized carbons (Fsp3) is 0.900. The Labute approximate surface area is 91.8 Å². The Morgan fingerprint density at radius 1 is 0.667 bits per heavy atom. The van der Waals surface area contributed by atoms with E-state index in [0.29, 0.717) is 59.4 Å². The lowest BCUT2D eigenvalue weighted by Gasteiger charge is -2.06. The first-order valence-electron chi connectivity index (χ1n) is 5.22. The van der Waals surface area contributed by atoms with E-state index in [1.165, 1.54) is 0 Å². The Hall–Kier alpha value is -0.200. The first-order chi connectivity index (χ1) is 7.41. The van der Waals surface area contributed by atoms with Gasteiger partial charge in [0.25, 0.3) is 0 Å². The zero-order valence-electron chi connectivity index (χ0n) is 9.28. The third-order valence-corrected chi connectivity index (χ3v) is 1.52. The normalized spacial score (nSPS) is 10.8. The van der Waals surface area contributed by atoms with Crippen LogP contribution in [0, 0.1) is 6.92 Å². The molecule has 0 aliphatic carbocycles. The zero-order chi connectivity index (χ0) is 11.2. The summed E-state index contributed by atoms with van der Waals surface area (Å²) in [6, 6.07) is 0. The second-order valence-electron chi connectivity index (χ2n) is 2.74. The van der Waals surface area contributed by atoms with E-state index < -0.39 is 0 Å². The highest BCUT2D eigenvalue weighted by molar-refractivity contribution is 4.36. The predicted molar refractivity (Wildman–Crippen MR) is 57.7 cm³/mol. The van der Waals surface area contributed by atoms with E-state index in [0.717, 1.165) is 0 Å². The molecule has 2 N–H and O–H groups in total. The van der Waals surface area contributed by atoms with E-state index in [-0.39, 0.29) is 0 Å². The van der Waals surface area contributed by atoms with Gasteiger partial charge in [-0.05, 0) is 6.92 Å². The molecule has 0 amide bonds. The molecule has 0 saturated carbocycles. The molecule has 1 radical (unpaired) electrons. The molecule has 0 aromatic carbocycles. The van der Waals surface area contributed by atoms with Crippen molar-refractivity contribution in [2.75, 3.05) is 59.4 Å². The van der Waals surface area contributed by atoms with Gasteiger partial charge in [0, 0.05) is 13.2 Å². The van der Waals surface area contributed by atoms with Crippen LogP contribution in [0.3, 0.4) is 0 Å². The highest BCUT2D eigenvalue weighted by Crippen LogP contribution is 1.81. The quantitative estimate of drug-likeness (QED) is 0.463. The van der Waals surface area contributed by atoms with E-state index in [1.807, 2.05) is 0 Å².